The Morgan fingerprint density at radius 3 is 1.59 bits per heavy atom. The van der Waals surface area contributed by atoms with Crippen molar-refractivity contribution >= 4 is 35.8 Å². The second-order valence-corrected chi connectivity index (χ2v) is 6.39. The van der Waals surface area contributed by atoms with Gasteiger partial charge in [0.15, 0.2) is 0 Å². The van der Waals surface area contributed by atoms with Crippen LogP contribution in [0.3, 0.4) is 0 Å². The van der Waals surface area contributed by atoms with Gasteiger partial charge in [-0.2, -0.15) is 6.08 Å². The Morgan fingerprint density at radius 1 is 0.862 bits per heavy atom. The molecular formula is C24H44Cl2OSiTi. The molecule has 0 fully saturated rings. The Bertz CT molecular complexity index is 489. The minimum atomic E-state index is 0. The summed E-state index contributed by atoms with van der Waals surface area (Å²) in [7, 11) is 0. The topological polar surface area (TPSA) is 20.2 Å². The van der Waals surface area contributed by atoms with Crippen LogP contribution < -0.4 is 0 Å². The van der Waals surface area contributed by atoms with Gasteiger partial charge in [0.2, 0.25) is 0 Å². The van der Waals surface area contributed by atoms with Crippen LogP contribution in [0, 0.1) is 20.9 Å². The van der Waals surface area contributed by atoms with Gasteiger partial charge in [0.05, 0.1) is 0 Å². The SMILES string of the molecule is CC1=[C-]CC=C1.CCCCCc1cc(O)cc(CCCCC)c1.Cl.Cl.[CH3-].[CH3-].[SiH3].[Ti+3]. The number of aryl methyl sites for hydroxylation is 2. The van der Waals surface area contributed by atoms with Gasteiger partial charge >= 0.3 is 21.7 Å². The van der Waals surface area contributed by atoms with E-state index in [0.717, 1.165) is 19.3 Å². The van der Waals surface area contributed by atoms with E-state index in [-0.39, 0.29) is 72.4 Å². The maximum Gasteiger partial charge on any atom is 3.00 e. The number of benzene rings is 1. The number of phenols is 1. The quantitative estimate of drug-likeness (QED) is 0.232. The largest absolute Gasteiger partial charge is 3.00 e. The number of unbranched alkanes of at least 4 members (excludes halogenated alkanes) is 4. The van der Waals surface area contributed by atoms with Crippen molar-refractivity contribution in [3.63, 3.8) is 0 Å². The molecule has 5 heteroatoms. The van der Waals surface area contributed by atoms with Crippen LogP contribution in [0.2, 0.25) is 0 Å². The van der Waals surface area contributed by atoms with E-state index in [0.29, 0.717) is 5.75 Å². The zero-order valence-corrected chi connectivity index (χ0v) is 24.7. The molecule has 0 bridgehead atoms. The first-order valence-electron chi connectivity index (χ1n) is 9.21. The van der Waals surface area contributed by atoms with Gasteiger partial charge in [0.1, 0.15) is 5.75 Å². The molecule has 1 aromatic carbocycles. The Hall–Kier alpha value is 0.0112. The Balaban J connectivity index is -0.0000000965. The molecule has 0 heterocycles. The molecule has 0 aromatic heterocycles. The summed E-state index contributed by atoms with van der Waals surface area (Å²) >= 11 is 0. The van der Waals surface area contributed by atoms with Crippen LogP contribution in [0.4, 0.5) is 0 Å². The van der Waals surface area contributed by atoms with Crippen LogP contribution in [-0.2, 0) is 34.6 Å². The molecule has 0 saturated heterocycles. The van der Waals surface area contributed by atoms with E-state index in [2.05, 4.69) is 45.1 Å². The van der Waals surface area contributed by atoms with Gasteiger partial charge in [0, 0.05) is 0 Å². The first kappa shape index (κ1) is 43.0. The second kappa shape index (κ2) is 28.0. The number of rotatable bonds is 8. The molecule has 0 aliphatic heterocycles. The fraction of sp³-hybridized carbons (Fsp3) is 0.500. The fourth-order valence-corrected chi connectivity index (χ4v) is 2.70. The molecule has 0 spiro atoms. The third-order valence-corrected chi connectivity index (χ3v) is 4.04. The molecule has 29 heavy (non-hydrogen) atoms. The van der Waals surface area contributed by atoms with Crippen LogP contribution in [0.25, 0.3) is 0 Å². The minimum absolute atomic E-state index is 0. The van der Waals surface area contributed by atoms with Crippen molar-refractivity contribution < 1.29 is 26.8 Å². The van der Waals surface area contributed by atoms with E-state index in [4.69, 9.17) is 0 Å². The summed E-state index contributed by atoms with van der Waals surface area (Å²) in [6, 6.07) is 6.10. The van der Waals surface area contributed by atoms with Gasteiger partial charge in [-0.05, 0) is 59.9 Å². The number of hydrogen-bond acceptors (Lipinski definition) is 1. The molecule has 1 aromatic rings. The number of hydrogen-bond donors (Lipinski definition) is 1. The molecule has 0 atom stereocenters. The van der Waals surface area contributed by atoms with Crippen molar-refractivity contribution in [3.05, 3.63) is 68.0 Å². The summed E-state index contributed by atoms with van der Waals surface area (Å²) < 4.78 is 0. The molecule has 0 amide bonds. The third-order valence-electron chi connectivity index (χ3n) is 4.04. The second-order valence-electron chi connectivity index (χ2n) is 6.39. The van der Waals surface area contributed by atoms with E-state index >= 15 is 0 Å². The third kappa shape index (κ3) is 22.5. The average molecular weight is 495 g/mol. The molecule has 2 radical (unpaired) electrons. The van der Waals surface area contributed by atoms with Crippen LogP contribution >= 0.6 is 24.8 Å². The maximum atomic E-state index is 9.71. The Labute approximate surface area is 214 Å². The summed E-state index contributed by atoms with van der Waals surface area (Å²) in [6.45, 7) is 6.50. The molecule has 1 aliphatic carbocycles. The zero-order valence-electron chi connectivity index (χ0n) is 19.5. The Kier molecular flexibility index (Phi) is 41.5. The van der Waals surface area contributed by atoms with Crippen molar-refractivity contribution in [1.82, 2.24) is 0 Å². The fourth-order valence-electron chi connectivity index (χ4n) is 2.70. The van der Waals surface area contributed by atoms with Gasteiger partial charge in [0.25, 0.3) is 0 Å². The van der Waals surface area contributed by atoms with E-state index in [1.54, 1.807) is 0 Å². The number of halogens is 2. The Morgan fingerprint density at radius 2 is 1.31 bits per heavy atom. The van der Waals surface area contributed by atoms with Crippen LogP contribution in [0.15, 0.2) is 35.9 Å². The van der Waals surface area contributed by atoms with Crippen molar-refractivity contribution in [1.29, 1.82) is 0 Å². The van der Waals surface area contributed by atoms with E-state index in [9.17, 15) is 5.11 Å². The standard InChI is InChI=1S/C16H26O.C6H7.2CH3.2ClH.H3Si.Ti/c1-3-5-7-9-14-11-15(10-8-6-4-2)13-16(17)12-14;1-6-4-2-3-5-6;;;;;;/h11-13,17H,3-10H2,1-2H3;2,4H,3H2,1H3;2*1H3;2*1H;1H3;/q;3*-1;;;;+3. The number of phenolic OH excluding ortho intramolecular Hbond substituents is 1. The zero-order chi connectivity index (χ0) is 16.9. The van der Waals surface area contributed by atoms with Gasteiger partial charge in [-0.15, -0.1) is 31.2 Å². The molecule has 1 N–H and O–H groups in total. The van der Waals surface area contributed by atoms with Gasteiger partial charge in [-0.1, -0.05) is 52.5 Å². The van der Waals surface area contributed by atoms with Crippen LogP contribution in [0.1, 0.15) is 76.8 Å². The number of aromatic hydroxyl groups is 1. The molecule has 0 saturated carbocycles. The molecule has 1 nitrogen and oxygen atoms in total. The van der Waals surface area contributed by atoms with Gasteiger partial charge in [-0.3, -0.25) is 6.08 Å². The summed E-state index contributed by atoms with van der Waals surface area (Å²) in [5.41, 5.74) is 3.87. The van der Waals surface area contributed by atoms with Crippen molar-refractivity contribution in [3.8, 4) is 5.75 Å². The minimum Gasteiger partial charge on any atom is -0.508 e. The van der Waals surface area contributed by atoms with Gasteiger partial charge in [-0.25, -0.2) is 11.6 Å². The van der Waals surface area contributed by atoms with Crippen molar-refractivity contribution in [2.45, 2.75) is 78.6 Å². The van der Waals surface area contributed by atoms with Gasteiger partial charge < -0.3 is 20.0 Å². The molecule has 0 unspecified atom stereocenters. The summed E-state index contributed by atoms with van der Waals surface area (Å²) in [6.07, 6.45) is 18.1. The number of allylic oxidation sites excluding steroid dienone is 4. The van der Waals surface area contributed by atoms with Crippen molar-refractivity contribution in [2.75, 3.05) is 0 Å². The van der Waals surface area contributed by atoms with E-state index in [1.807, 2.05) is 12.1 Å². The molecule has 168 valence electrons. The first-order valence-corrected chi connectivity index (χ1v) is 9.21. The van der Waals surface area contributed by atoms with E-state index in [1.165, 1.54) is 55.2 Å². The van der Waals surface area contributed by atoms with Crippen LogP contribution in [0.5, 0.6) is 5.75 Å². The van der Waals surface area contributed by atoms with E-state index < -0.39 is 0 Å². The smallest absolute Gasteiger partial charge is 0.508 e. The van der Waals surface area contributed by atoms with Crippen molar-refractivity contribution in [2.24, 2.45) is 0 Å². The van der Waals surface area contributed by atoms with Crippen LogP contribution in [-0.4, -0.2) is 16.1 Å². The predicted molar refractivity (Wildman–Crippen MR) is 138 cm³/mol. The normalized spacial score (nSPS) is 10.1. The summed E-state index contributed by atoms with van der Waals surface area (Å²) in [5.74, 6) is 0.436. The maximum absolute atomic E-state index is 9.71. The molecule has 1 aliphatic rings. The monoisotopic (exact) mass is 494 g/mol. The summed E-state index contributed by atoms with van der Waals surface area (Å²) in [4.78, 5) is 0. The molecule has 2 rings (SSSR count). The average Bonchev–Trinajstić information content (AvgIpc) is 2.99. The predicted octanol–water partition coefficient (Wildman–Crippen LogP) is 7.11. The first-order chi connectivity index (χ1) is 11.2. The summed E-state index contributed by atoms with van der Waals surface area (Å²) in [5, 5.41) is 9.71. The molecular weight excluding hydrogens is 451 g/mol.